The summed E-state index contributed by atoms with van der Waals surface area (Å²) in [5, 5.41) is 26.0. The summed E-state index contributed by atoms with van der Waals surface area (Å²) in [7, 11) is 3.09. The van der Waals surface area contributed by atoms with Crippen molar-refractivity contribution in [2.45, 2.75) is 101 Å². The van der Waals surface area contributed by atoms with Crippen LogP contribution in [0.25, 0.3) is 0 Å². The minimum Gasteiger partial charge on any atom is -0.341 e. The molecule has 24 heteroatoms. The summed E-state index contributed by atoms with van der Waals surface area (Å²) in [6, 6.07) is 10.5. The first-order chi connectivity index (χ1) is 34.0. The van der Waals surface area contributed by atoms with Crippen LogP contribution in [-0.4, -0.2) is 86.2 Å². The van der Waals surface area contributed by atoms with Gasteiger partial charge in [-0.1, -0.05) is 5.21 Å². The van der Waals surface area contributed by atoms with Crippen LogP contribution in [0.1, 0.15) is 114 Å². The van der Waals surface area contributed by atoms with Gasteiger partial charge in [-0.15, -0.1) is 5.10 Å². The van der Waals surface area contributed by atoms with Crippen LogP contribution in [-0.2, 0) is 60.7 Å². The van der Waals surface area contributed by atoms with E-state index in [9.17, 15) is 55.1 Å². The van der Waals surface area contributed by atoms with Gasteiger partial charge in [0.25, 0.3) is 47.0 Å². The second-order valence-electron chi connectivity index (χ2n) is 18.7. The minimum absolute atomic E-state index is 0.0460. The van der Waals surface area contributed by atoms with Crippen LogP contribution in [0.15, 0.2) is 60.9 Å². The lowest BCUT2D eigenvalue weighted by Crippen LogP contribution is -2.61. The fraction of sp³-hybridized carbons (Fsp3) is 0.375. The number of carbonyl (C=O) groups excluding carboxylic acids is 6. The van der Waals surface area contributed by atoms with E-state index in [4.69, 9.17) is 0 Å². The van der Waals surface area contributed by atoms with E-state index < -0.39 is 95.4 Å². The average Bonchev–Trinajstić information content (AvgIpc) is 4.17. The third-order valence-electron chi connectivity index (χ3n) is 13.5. The molecule has 0 radical (unpaired) electrons. The second kappa shape index (κ2) is 18.0. The predicted molar refractivity (Wildman–Crippen MR) is 242 cm³/mol. The zero-order chi connectivity index (χ0) is 51.7. The number of nitrogens with zero attached hydrogens (tertiary/aromatic N) is 8. The summed E-state index contributed by atoms with van der Waals surface area (Å²) in [4.78, 5) is 80.2. The van der Waals surface area contributed by atoms with Gasteiger partial charge in [-0.2, -0.15) is 15.0 Å². The summed E-state index contributed by atoms with van der Waals surface area (Å²) in [5.74, 6) is -11.8. The van der Waals surface area contributed by atoms with Gasteiger partial charge in [0, 0.05) is 75.6 Å². The van der Waals surface area contributed by atoms with Gasteiger partial charge < -0.3 is 30.4 Å². The number of anilines is 2. The fourth-order valence-corrected chi connectivity index (χ4v) is 10.3. The topological polar surface area (TPSA) is 222 Å². The Bertz CT molecular complexity index is 2980. The van der Waals surface area contributed by atoms with Crippen LogP contribution in [0.3, 0.4) is 0 Å². The Morgan fingerprint density at radius 1 is 0.611 bits per heavy atom. The van der Waals surface area contributed by atoms with Crippen LogP contribution in [0.4, 0.5) is 37.7 Å². The molecule has 376 valence electrons. The largest absolute Gasteiger partial charge is 0.341 e. The number of ketones is 2. The van der Waals surface area contributed by atoms with E-state index in [1.807, 2.05) is 0 Å². The number of hydrogen-bond donors (Lipinski definition) is 4. The van der Waals surface area contributed by atoms with Crippen molar-refractivity contribution in [3.05, 3.63) is 129 Å². The smallest absolute Gasteiger partial charge is 0.294 e. The maximum Gasteiger partial charge on any atom is 0.294 e. The molecule has 2 saturated carbocycles. The van der Waals surface area contributed by atoms with Crippen LogP contribution < -0.4 is 21.3 Å². The number of nitrogens with one attached hydrogen (secondary N) is 4. The van der Waals surface area contributed by atoms with Gasteiger partial charge in [-0.05, 0) is 99.2 Å². The highest BCUT2D eigenvalue weighted by molar-refractivity contribution is 6.43. The molecule has 0 atom stereocenters. The third-order valence-corrected chi connectivity index (χ3v) is 13.5. The second-order valence-corrected chi connectivity index (χ2v) is 18.7. The Labute approximate surface area is 405 Å². The van der Waals surface area contributed by atoms with Gasteiger partial charge in [0.05, 0.1) is 46.0 Å². The van der Waals surface area contributed by atoms with E-state index in [0.717, 1.165) is 0 Å². The molecule has 2 aromatic carbocycles. The summed E-state index contributed by atoms with van der Waals surface area (Å²) in [5.41, 5.74) is 0.513. The fourth-order valence-electron chi connectivity index (χ4n) is 10.3. The van der Waals surface area contributed by atoms with Crippen molar-refractivity contribution in [3.8, 4) is 0 Å². The lowest BCUT2D eigenvalue weighted by molar-refractivity contribution is -0.150. The first-order valence-corrected chi connectivity index (χ1v) is 22.8. The number of fused-ring (bicyclic) bond motifs is 2. The predicted octanol–water partition coefficient (Wildman–Crippen LogP) is 5.77. The van der Waals surface area contributed by atoms with Gasteiger partial charge >= 0.3 is 0 Å². The van der Waals surface area contributed by atoms with Crippen molar-refractivity contribution < 1.29 is 55.1 Å². The van der Waals surface area contributed by atoms with Crippen molar-refractivity contribution in [3.63, 3.8) is 0 Å². The Morgan fingerprint density at radius 2 is 1.03 bits per heavy atom. The van der Waals surface area contributed by atoms with Crippen molar-refractivity contribution in [2.24, 2.45) is 14.1 Å². The van der Waals surface area contributed by atoms with Crippen LogP contribution in [0, 0.1) is 25.5 Å². The maximum atomic E-state index is 13.9. The van der Waals surface area contributed by atoms with Crippen molar-refractivity contribution in [1.29, 1.82) is 0 Å². The first-order valence-electron chi connectivity index (χ1n) is 22.8. The number of aromatic nitrogens is 8. The number of hydrogen-bond acceptors (Lipinski definition) is 10. The number of amides is 4. The monoisotopic (exact) mass is 1000 g/mol. The zero-order valence-corrected chi connectivity index (χ0v) is 39.1. The summed E-state index contributed by atoms with van der Waals surface area (Å²) < 4.78 is 86.6. The SMILES string of the molecule is Cc1c(C(=O)Nc2ccc(F)cc2)c2n(c1C(=O)C(=O)NC1(c3cn(C)nn3)CC(F)(F)C1)CCC2.Cc1c(C(=O)Nc2ccc(F)cc2)c2n(c1C(=O)C(=O)NC1(c3cnn(C)n3)CC(F)(F)C1)CCC2. The van der Waals surface area contributed by atoms with E-state index in [2.05, 4.69) is 41.8 Å². The molecule has 72 heavy (non-hydrogen) atoms. The van der Waals surface area contributed by atoms with Gasteiger partial charge in [-0.25, -0.2) is 26.3 Å². The van der Waals surface area contributed by atoms with Crippen LogP contribution in [0.2, 0.25) is 0 Å². The molecular formula is C48H46F6N12O6. The molecule has 0 bridgehead atoms. The van der Waals surface area contributed by atoms with Crippen LogP contribution >= 0.6 is 0 Å². The number of rotatable bonds is 12. The zero-order valence-electron chi connectivity index (χ0n) is 39.1. The Morgan fingerprint density at radius 3 is 1.39 bits per heavy atom. The molecule has 6 heterocycles. The Hall–Kier alpha value is -7.92. The molecule has 10 rings (SSSR count). The van der Waals surface area contributed by atoms with Crippen molar-refractivity contribution in [2.75, 3.05) is 10.6 Å². The van der Waals surface area contributed by atoms with E-state index in [1.165, 1.54) is 77.5 Å². The van der Waals surface area contributed by atoms with Crippen molar-refractivity contribution in [1.82, 2.24) is 49.8 Å². The average molecular weight is 1000 g/mol. The molecule has 4 aliphatic rings. The quantitative estimate of drug-likeness (QED) is 0.0658. The minimum atomic E-state index is -3.01. The highest BCUT2D eigenvalue weighted by Gasteiger charge is 2.61. The molecule has 0 saturated heterocycles. The molecule has 4 N–H and O–H groups in total. The van der Waals surface area contributed by atoms with E-state index in [0.29, 0.717) is 72.7 Å². The molecule has 4 aromatic heterocycles. The van der Waals surface area contributed by atoms with E-state index in [-0.39, 0.29) is 33.9 Å². The number of alkyl halides is 4. The van der Waals surface area contributed by atoms with Gasteiger partial charge in [0.2, 0.25) is 0 Å². The van der Waals surface area contributed by atoms with Gasteiger partial charge in [0.15, 0.2) is 0 Å². The third kappa shape index (κ3) is 9.04. The first kappa shape index (κ1) is 49.1. The standard InChI is InChI=1S/2C24H23F3N6O3/c1-13-18(21(35)28-15-7-5-14(25)6-8-15)16-4-3-9-33(16)19(13)20(34)22(36)29-23(11-24(26,27)12-23)17-10-32(2)31-30-17;1-13-18(21(35)29-15-7-5-14(25)6-8-15)16-4-3-9-33(16)19(13)20(34)22(36)30-23(11-24(26,27)12-23)17-10-28-32(2)31-17/h5-8,10H,3-4,9,11-12H2,1-2H3,(H,28,35)(H,29,36);5-8,10H,3-4,9,11-12H2,1-2H3,(H,29,35)(H,30,36). The lowest BCUT2D eigenvalue weighted by Gasteiger charge is -2.46. The lowest BCUT2D eigenvalue weighted by atomic mass is 9.71. The number of benzene rings is 2. The number of carbonyl (C=O) groups is 6. The highest BCUT2D eigenvalue weighted by atomic mass is 19.3. The molecule has 2 fully saturated rings. The summed E-state index contributed by atoms with van der Waals surface area (Å²) in [6.07, 6.45) is 2.31. The summed E-state index contributed by atoms with van der Waals surface area (Å²) >= 11 is 0. The number of halogens is 6. The molecule has 0 unspecified atom stereocenters. The molecule has 6 aromatic rings. The number of aryl methyl sites for hydroxylation is 2. The number of Topliss-reactive ketones (excluding diaryl/α,β-unsaturated/α-hetero) is 2. The van der Waals surface area contributed by atoms with E-state index >= 15 is 0 Å². The van der Waals surface area contributed by atoms with Crippen molar-refractivity contribution >= 4 is 46.6 Å². The molecule has 4 amide bonds. The van der Waals surface area contributed by atoms with Gasteiger partial charge in [0.1, 0.15) is 23.0 Å². The molecule has 2 aliphatic heterocycles. The van der Waals surface area contributed by atoms with Crippen LogP contribution in [0.5, 0.6) is 0 Å². The van der Waals surface area contributed by atoms with E-state index in [1.54, 1.807) is 30.0 Å². The Kier molecular flexibility index (Phi) is 12.3. The summed E-state index contributed by atoms with van der Waals surface area (Å²) in [6.45, 7) is 4.01. The molecular weight excluding hydrogens is 955 g/mol. The maximum absolute atomic E-state index is 13.9. The van der Waals surface area contributed by atoms with Gasteiger partial charge in [-0.3, -0.25) is 33.4 Å². The normalized spacial score (nSPS) is 17.2. The molecule has 18 nitrogen and oxygen atoms in total. The molecule has 0 spiro atoms. The Balaban J connectivity index is 0.000000178. The molecule has 2 aliphatic carbocycles. The highest BCUT2D eigenvalue weighted by Crippen LogP contribution is 2.52.